The first-order chi connectivity index (χ1) is 11.7. The van der Waals surface area contributed by atoms with E-state index in [0.717, 1.165) is 32.5 Å². The number of amides is 1. The number of carbonyl (C=O) groups excluding carboxylic acids is 1. The van der Waals surface area contributed by atoms with Gasteiger partial charge in [-0.25, -0.2) is 0 Å². The quantitative estimate of drug-likeness (QED) is 0.728. The summed E-state index contributed by atoms with van der Waals surface area (Å²) in [6.07, 6.45) is 3.55. The van der Waals surface area contributed by atoms with Crippen molar-refractivity contribution in [1.82, 2.24) is 10.6 Å². The van der Waals surface area contributed by atoms with Crippen LogP contribution >= 0.6 is 12.2 Å². The summed E-state index contributed by atoms with van der Waals surface area (Å²) >= 11 is 5.23. The van der Waals surface area contributed by atoms with Crippen LogP contribution in [-0.2, 0) is 6.54 Å². The van der Waals surface area contributed by atoms with Gasteiger partial charge in [-0.05, 0) is 24.4 Å². The Bertz CT molecular complexity index is 665. The van der Waals surface area contributed by atoms with Gasteiger partial charge in [0.15, 0.2) is 10.9 Å². The van der Waals surface area contributed by atoms with E-state index in [9.17, 15) is 4.79 Å². The molecule has 1 aliphatic heterocycles. The molecule has 5 nitrogen and oxygen atoms in total. The van der Waals surface area contributed by atoms with Crippen molar-refractivity contribution >= 4 is 23.2 Å². The molecule has 0 saturated carbocycles. The van der Waals surface area contributed by atoms with Crippen LogP contribution in [0.4, 0.5) is 0 Å². The number of thiocarbonyl (C=S) groups is 1. The number of nitrogens with one attached hydrogen (secondary N) is 3. The summed E-state index contributed by atoms with van der Waals surface area (Å²) in [5, 5.41) is 6.27. The lowest BCUT2D eigenvalue weighted by Crippen LogP contribution is -3.12. The van der Waals surface area contributed by atoms with Crippen LogP contribution in [0.5, 0.6) is 0 Å². The summed E-state index contributed by atoms with van der Waals surface area (Å²) in [5.41, 5.74) is 1.38. The Morgan fingerprint density at radius 3 is 2.58 bits per heavy atom. The smallest absolute Gasteiger partial charge is 0.293 e. The highest BCUT2D eigenvalue weighted by molar-refractivity contribution is 7.80. The molecule has 6 heteroatoms. The van der Waals surface area contributed by atoms with Crippen molar-refractivity contribution in [2.45, 2.75) is 25.4 Å². The van der Waals surface area contributed by atoms with Crippen molar-refractivity contribution in [3.05, 3.63) is 60.1 Å². The maximum atomic E-state index is 11.9. The fourth-order valence-corrected chi connectivity index (χ4v) is 3.29. The predicted molar refractivity (Wildman–Crippen MR) is 95.8 cm³/mol. The summed E-state index contributed by atoms with van der Waals surface area (Å²) < 4.78 is 5.05. The van der Waals surface area contributed by atoms with E-state index < -0.39 is 0 Å². The molecule has 1 fully saturated rings. The maximum absolute atomic E-state index is 11.9. The van der Waals surface area contributed by atoms with Gasteiger partial charge >= 0.3 is 0 Å². The van der Waals surface area contributed by atoms with Gasteiger partial charge in [0, 0.05) is 24.4 Å². The fraction of sp³-hybridized carbons (Fsp3) is 0.333. The van der Waals surface area contributed by atoms with Crippen LogP contribution in [0.1, 0.15) is 29.0 Å². The molecule has 1 saturated heterocycles. The molecule has 126 valence electrons. The number of rotatable bonds is 4. The van der Waals surface area contributed by atoms with Gasteiger partial charge in [0.1, 0.15) is 6.54 Å². The molecule has 3 N–H and O–H groups in total. The van der Waals surface area contributed by atoms with Gasteiger partial charge in [-0.1, -0.05) is 30.3 Å². The molecule has 1 aromatic carbocycles. The monoisotopic (exact) mass is 344 g/mol. The number of piperidine rings is 1. The van der Waals surface area contributed by atoms with Crippen LogP contribution in [0.15, 0.2) is 53.1 Å². The molecule has 0 bridgehead atoms. The summed E-state index contributed by atoms with van der Waals surface area (Å²) in [4.78, 5) is 13.5. The minimum atomic E-state index is -0.315. The van der Waals surface area contributed by atoms with Crippen molar-refractivity contribution in [1.29, 1.82) is 0 Å². The molecule has 0 aliphatic carbocycles. The summed E-state index contributed by atoms with van der Waals surface area (Å²) in [7, 11) is 0. The molecule has 0 atom stereocenters. The fourth-order valence-electron chi connectivity index (χ4n) is 3.03. The summed E-state index contributed by atoms with van der Waals surface area (Å²) in [5.74, 6) is -0.0501. The van der Waals surface area contributed by atoms with Crippen molar-refractivity contribution in [3.8, 4) is 0 Å². The van der Waals surface area contributed by atoms with E-state index in [1.807, 2.05) is 6.07 Å². The van der Waals surface area contributed by atoms with Gasteiger partial charge in [0.25, 0.3) is 5.91 Å². The highest BCUT2D eigenvalue weighted by Gasteiger charge is 2.23. The third kappa shape index (κ3) is 4.66. The van der Waals surface area contributed by atoms with Crippen LogP contribution in [0, 0.1) is 0 Å². The van der Waals surface area contributed by atoms with Crippen LogP contribution in [0.25, 0.3) is 0 Å². The maximum Gasteiger partial charge on any atom is 0.293 e. The summed E-state index contributed by atoms with van der Waals surface area (Å²) in [6, 6.07) is 14.2. The number of furan rings is 1. The third-order valence-corrected chi connectivity index (χ3v) is 4.52. The highest BCUT2D eigenvalue weighted by atomic mass is 32.1. The molecular formula is C18H22N3O2S+. The zero-order valence-corrected chi connectivity index (χ0v) is 14.3. The Hall–Kier alpha value is -2.18. The first kappa shape index (κ1) is 16.7. The SMILES string of the molecule is O=C(NC(=S)NC1CC[NH+](Cc2ccccc2)CC1)c1ccco1. The van der Waals surface area contributed by atoms with E-state index in [1.165, 1.54) is 11.8 Å². The van der Waals surface area contributed by atoms with Crippen molar-refractivity contribution in [3.63, 3.8) is 0 Å². The van der Waals surface area contributed by atoms with Crippen LogP contribution in [-0.4, -0.2) is 30.2 Å². The zero-order valence-electron chi connectivity index (χ0n) is 13.5. The molecule has 1 aromatic heterocycles. The largest absolute Gasteiger partial charge is 0.459 e. The molecule has 2 heterocycles. The van der Waals surface area contributed by atoms with Gasteiger partial charge in [-0.2, -0.15) is 0 Å². The lowest BCUT2D eigenvalue weighted by molar-refractivity contribution is -0.918. The van der Waals surface area contributed by atoms with Crippen LogP contribution in [0.3, 0.4) is 0 Å². The molecule has 0 radical (unpaired) electrons. The van der Waals surface area contributed by atoms with E-state index >= 15 is 0 Å². The normalized spacial score (nSPS) is 20.3. The number of likely N-dealkylation sites (tertiary alicyclic amines) is 1. The van der Waals surface area contributed by atoms with Crippen molar-refractivity contribution in [2.24, 2.45) is 0 Å². The minimum absolute atomic E-state index is 0.265. The van der Waals surface area contributed by atoms with Gasteiger partial charge in [-0.15, -0.1) is 0 Å². The Morgan fingerprint density at radius 2 is 1.92 bits per heavy atom. The number of benzene rings is 1. The van der Waals surface area contributed by atoms with Gasteiger partial charge in [0.2, 0.25) is 0 Å². The van der Waals surface area contributed by atoms with E-state index in [2.05, 4.69) is 34.9 Å². The molecule has 1 amide bonds. The minimum Gasteiger partial charge on any atom is -0.459 e. The lowest BCUT2D eigenvalue weighted by Gasteiger charge is -2.30. The van der Waals surface area contributed by atoms with Crippen molar-refractivity contribution in [2.75, 3.05) is 13.1 Å². The highest BCUT2D eigenvalue weighted by Crippen LogP contribution is 2.03. The number of hydrogen-bond acceptors (Lipinski definition) is 3. The van der Waals surface area contributed by atoms with Gasteiger partial charge < -0.3 is 14.6 Å². The average Bonchev–Trinajstić information content (AvgIpc) is 3.12. The van der Waals surface area contributed by atoms with E-state index in [0.29, 0.717) is 11.2 Å². The van der Waals surface area contributed by atoms with Crippen LogP contribution < -0.4 is 15.5 Å². The average molecular weight is 344 g/mol. The number of hydrogen-bond donors (Lipinski definition) is 3. The third-order valence-electron chi connectivity index (χ3n) is 4.30. The second-order valence-corrected chi connectivity index (χ2v) is 6.50. The molecule has 24 heavy (non-hydrogen) atoms. The molecule has 3 rings (SSSR count). The second-order valence-electron chi connectivity index (χ2n) is 6.09. The molecule has 1 aliphatic rings. The standard InChI is InChI=1S/C18H21N3O2S/c22-17(16-7-4-12-23-16)20-18(24)19-15-8-10-21(11-9-15)13-14-5-2-1-3-6-14/h1-7,12,15H,8-11,13H2,(H2,19,20,22,24)/p+1. The van der Waals surface area contributed by atoms with Gasteiger partial charge in [-0.3, -0.25) is 10.1 Å². The van der Waals surface area contributed by atoms with E-state index in [4.69, 9.17) is 16.6 Å². The Balaban J connectivity index is 1.40. The van der Waals surface area contributed by atoms with Gasteiger partial charge in [0.05, 0.1) is 19.4 Å². The summed E-state index contributed by atoms with van der Waals surface area (Å²) in [6.45, 7) is 3.26. The Morgan fingerprint density at radius 1 is 1.17 bits per heavy atom. The Kier molecular flexibility index (Phi) is 5.61. The second kappa shape index (κ2) is 8.08. The predicted octanol–water partition coefficient (Wildman–Crippen LogP) is 1.13. The molecular weight excluding hydrogens is 322 g/mol. The van der Waals surface area contributed by atoms with Crippen molar-refractivity contribution < 1.29 is 14.1 Å². The topological polar surface area (TPSA) is 58.7 Å². The number of carbonyl (C=O) groups is 1. The Labute approximate surface area is 147 Å². The van der Waals surface area contributed by atoms with E-state index in [1.54, 1.807) is 17.0 Å². The van der Waals surface area contributed by atoms with Crippen LogP contribution in [0.2, 0.25) is 0 Å². The molecule has 0 unspecified atom stereocenters. The molecule has 2 aromatic rings. The van der Waals surface area contributed by atoms with E-state index in [-0.39, 0.29) is 11.7 Å². The lowest BCUT2D eigenvalue weighted by atomic mass is 10.0. The zero-order chi connectivity index (χ0) is 16.8. The molecule has 0 spiro atoms. The first-order valence-electron chi connectivity index (χ1n) is 8.23. The first-order valence-corrected chi connectivity index (χ1v) is 8.64. The number of quaternary nitrogens is 1.